The molecule has 0 heterocycles. The summed E-state index contributed by atoms with van der Waals surface area (Å²) in [7, 11) is -3.21. The van der Waals surface area contributed by atoms with Gasteiger partial charge in [0.15, 0.2) is 0 Å². The maximum Gasteiger partial charge on any atom is 0.403 e. The van der Waals surface area contributed by atoms with E-state index in [1.54, 1.807) is 25.1 Å². The zero-order valence-corrected chi connectivity index (χ0v) is 10.1. The van der Waals surface area contributed by atoms with Gasteiger partial charge in [0.2, 0.25) is 0 Å². The first-order valence-corrected chi connectivity index (χ1v) is 6.55. The predicted octanol–water partition coefficient (Wildman–Crippen LogP) is 3.99. The van der Waals surface area contributed by atoms with Crippen molar-refractivity contribution >= 4 is 7.60 Å². The first-order valence-electron chi connectivity index (χ1n) is 4.94. The summed E-state index contributed by atoms with van der Waals surface area (Å²) in [5.74, 6) is 1.96. The molecule has 0 aromatic heterocycles. The molecule has 0 fully saturated rings. The van der Waals surface area contributed by atoms with Crippen LogP contribution in [0.15, 0.2) is 54.9 Å². The highest BCUT2D eigenvalue weighted by molar-refractivity contribution is 7.57. The Hall–Kier alpha value is -1.31. The molecule has 3 nitrogen and oxygen atoms in total. The van der Waals surface area contributed by atoms with Crippen LogP contribution < -0.4 is 4.52 Å². The number of allylic oxidation sites excluding steroid dienone is 1. The number of hydrogen-bond acceptors (Lipinski definition) is 3. The standard InChI is InChI=1S/C12H15O3P/c1-3-10-14-16(13,11-4-2)15-12-8-6-5-7-9-12/h3-9,11H,1,10H2,2H3. The first kappa shape index (κ1) is 12.8. The van der Waals surface area contributed by atoms with E-state index in [2.05, 4.69) is 6.58 Å². The summed E-state index contributed by atoms with van der Waals surface area (Å²) in [6, 6.07) is 8.94. The van der Waals surface area contributed by atoms with Gasteiger partial charge in [0.1, 0.15) is 5.75 Å². The second-order valence-electron chi connectivity index (χ2n) is 3.01. The lowest BCUT2D eigenvalue weighted by Crippen LogP contribution is -1.95. The Morgan fingerprint density at radius 3 is 2.62 bits per heavy atom. The van der Waals surface area contributed by atoms with E-state index in [-0.39, 0.29) is 6.61 Å². The lowest BCUT2D eigenvalue weighted by atomic mass is 10.3. The second-order valence-corrected chi connectivity index (χ2v) is 4.83. The van der Waals surface area contributed by atoms with Crippen LogP contribution >= 0.6 is 7.60 Å². The topological polar surface area (TPSA) is 35.5 Å². The minimum absolute atomic E-state index is 0.189. The highest BCUT2D eigenvalue weighted by Gasteiger charge is 2.21. The van der Waals surface area contributed by atoms with Crippen molar-refractivity contribution in [3.8, 4) is 5.75 Å². The largest absolute Gasteiger partial charge is 0.422 e. The molecule has 0 bridgehead atoms. The monoisotopic (exact) mass is 238 g/mol. The van der Waals surface area contributed by atoms with Crippen molar-refractivity contribution in [3.05, 3.63) is 54.9 Å². The summed E-state index contributed by atoms with van der Waals surface area (Å²) in [4.78, 5) is 0. The molecule has 16 heavy (non-hydrogen) atoms. The summed E-state index contributed by atoms with van der Waals surface area (Å²) < 4.78 is 22.7. The molecule has 0 saturated heterocycles. The van der Waals surface area contributed by atoms with Crippen molar-refractivity contribution in [3.63, 3.8) is 0 Å². The van der Waals surface area contributed by atoms with E-state index in [0.29, 0.717) is 5.75 Å². The van der Waals surface area contributed by atoms with Crippen LogP contribution in [0.4, 0.5) is 0 Å². The summed E-state index contributed by atoms with van der Waals surface area (Å²) in [5.41, 5.74) is 0. The molecule has 4 heteroatoms. The fourth-order valence-corrected chi connectivity index (χ4v) is 2.36. The quantitative estimate of drug-likeness (QED) is 0.555. The van der Waals surface area contributed by atoms with Crippen molar-refractivity contribution in [1.82, 2.24) is 0 Å². The third-order valence-corrected chi connectivity index (χ3v) is 3.32. The normalized spacial score (nSPS) is 14.6. The van der Waals surface area contributed by atoms with E-state index in [0.717, 1.165) is 0 Å². The Bertz CT molecular complexity index is 398. The van der Waals surface area contributed by atoms with Gasteiger partial charge in [-0.15, -0.1) is 6.58 Å². The van der Waals surface area contributed by atoms with Crippen LogP contribution in [-0.4, -0.2) is 6.61 Å². The third kappa shape index (κ3) is 4.05. The number of rotatable bonds is 6. The Labute approximate surface area is 95.9 Å². The first-order chi connectivity index (χ1) is 7.70. The van der Waals surface area contributed by atoms with Crippen LogP contribution in [0, 0.1) is 0 Å². The van der Waals surface area contributed by atoms with E-state index in [1.165, 1.54) is 11.9 Å². The number of hydrogen-bond donors (Lipinski definition) is 0. The van der Waals surface area contributed by atoms with Gasteiger partial charge in [0, 0.05) is 5.82 Å². The number of para-hydroxylation sites is 1. The van der Waals surface area contributed by atoms with Gasteiger partial charge < -0.3 is 4.52 Å². The molecule has 86 valence electrons. The molecule has 0 saturated carbocycles. The fraction of sp³-hybridized carbons (Fsp3) is 0.167. The SMILES string of the molecule is C=CCOP(=O)(C=CC)Oc1ccccc1. The molecule has 1 rings (SSSR count). The van der Waals surface area contributed by atoms with Gasteiger partial charge in [-0.05, 0) is 19.1 Å². The number of benzene rings is 1. The fourth-order valence-electron chi connectivity index (χ4n) is 1.07. The van der Waals surface area contributed by atoms with Crippen LogP contribution in [0.1, 0.15) is 6.92 Å². The van der Waals surface area contributed by atoms with Crippen LogP contribution in [0.5, 0.6) is 5.75 Å². The molecule has 1 unspecified atom stereocenters. The van der Waals surface area contributed by atoms with Gasteiger partial charge in [-0.25, -0.2) is 4.57 Å². The minimum Gasteiger partial charge on any atom is -0.422 e. The minimum atomic E-state index is -3.21. The molecule has 0 aliphatic rings. The molecule has 0 aliphatic carbocycles. The van der Waals surface area contributed by atoms with E-state index in [4.69, 9.17) is 9.05 Å². The molecule has 1 aromatic rings. The molecule has 0 amide bonds. The molecule has 1 aromatic carbocycles. The summed E-state index contributed by atoms with van der Waals surface area (Å²) in [6.45, 7) is 5.46. The molecule has 0 aliphatic heterocycles. The van der Waals surface area contributed by atoms with Gasteiger partial charge in [0.25, 0.3) is 0 Å². The Morgan fingerprint density at radius 2 is 2.06 bits per heavy atom. The molecule has 1 atom stereocenters. The van der Waals surface area contributed by atoms with E-state index in [1.807, 2.05) is 18.2 Å². The van der Waals surface area contributed by atoms with Crippen LogP contribution in [0.3, 0.4) is 0 Å². The maximum atomic E-state index is 12.2. The van der Waals surface area contributed by atoms with Crippen molar-refractivity contribution in [1.29, 1.82) is 0 Å². The van der Waals surface area contributed by atoms with Crippen molar-refractivity contribution in [2.24, 2.45) is 0 Å². The van der Waals surface area contributed by atoms with E-state index < -0.39 is 7.60 Å². The zero-order valence-electron chi connectivity index (χ0n) is 9.20. The van der Waals surface area contributed by atoms with Gasteiger partial charge in [-0.3, -0.25) is 4.52 Å². The van der Waals surface area contributed by atoms with Gasteiger partial charge >= 0.3 is 7.60 Å². The smallest absolute Gasteiger partial charge is 0.403 e. The summed E-state index contributed by atoms with van der Waals surface area (Å²) in [5, 5.41) is 0. The van der Waals surface area contributed by atoms with Gasteiger partial charge in [0.05, 0.1) is 6.61 Å². The lowest BCUT2D eigenvalue weighted by molar-refractivity contribution is 0.302. The second kappa shape index (κ2) is 6.31. The predicted molar refractivity (Wildman–Crippen MR) is 65.6 cm³/mol. The highest BCUT2D eigenvalue weighted by atomic mass is 31.2. The van der Waals surface area contributed by atoms with E-state index >= 15 is 0 Å². The zero-order chi connectivity index (χ0) is 11.9. The molecular formula is C12H15O3P. The average molecular weight is 238 g/mol. The summed E-state index contributed by atoms with van der Waals surface area (Å²) in [6.07, 6.45) is 3.18. The third-order valence-electron chi connectivity index (χ3n) is 1.68. The van der Waals surface area contributed by atoms with Crippen LogP contribution in [-0.2, 0) is 9.09 Å². The van der Waals surface area contributed by atoms with Gasteiger partial charge in [-0.2, -0.15) is 0 Å². The Kier molecular flexibility index (Phi) is 5.03. The maximum absolute atomic E-state index is 12.2. The lowest BCUT2D eigenvalue weighted by Gasteiger charge is -2.14. The van der Waals surface area contributed by atoms with Crippen LogP contribution in [0.25, 0.3) is 0 Å². The highest BCUT2D eigenvalue weighted by Crippen LogP contribution is 2.49. The summed E-state index contributed by atoms with van der Waals surface area (Å²) >= 11 is 0. The van der Waals surface area contributed by atoms with Gasteiger partial charge in [-0.1, -0.05) is 30.4 Å². The molecule has 0 spiro atoms. The van der Waals surface area contributed by atoms with Crippen LogP contribution in [0.2, 0.25) is 0 Å². The molecular weight excluding hydrogens is 223 g/mol. The average Bonchev–Trinajstić information content (AvgIpc) is 2.28. The molecule has 0 N–H and O–H groups in total. The van der Waals surface area contributed by atoms with Crippen molar-refractivity contribution in [2.75, 3.05) is 6.61 Å². The Morgan fingerprint density at radius 1 is 1.38 bits per heavy atom. The van der Waals surface area contributed by atoms with Crippen molar-refractivity contribution < 1.29 is 13.6 Å². The Balaban J connectivity index is 2.79. The van der Waals surface area contributed by atoms with Crippen molar-refractivity contribution in [2.45, 2.75) is 6.92 Å². The molecule has 0 radical (unpaired) electrons. The van der Waals surface area contributed by atoms with E-state index in [9.17, 15) is 4.57 Å².